The number of hydrogen-bond acceptors (Lipinski definition) is 13. The van der Waals surface area contributed by atoms with E-state index >= 15 is 0 Å². The van der Waals surface area contributed by atoms with Gasteiger partial charge in [-0.05, 0) is 86.7 Å². The molecule has 0 aliphatic heterocycles. The highest BCUT2D eigenvalue weighted by Crippen LogP contribution is 2.20. The molecule has 0 atom stereocenters. The van der Waals surface area contributed by atoms with E-state index in [0.717, 1.165) is 3.57 Å². The predicted molar refractivity (Wildman–Crippen MR) is 194 cm³/mol. The average molecular weight is 919 g/mol. The van der Waals surface area contributed by atoms with Gasteiger partial charge >= 0.3 is 23.9 Å². The molecule has 0 aromatic carbocycles. The molecule has 16 heteroatoms. The highest BCUT2D eigenvalue weighted by molar-refractivity contribution is 14.1. The van der Waals surface area contributed by atoms with E-state index < -0.39 is 23.9 Å². The summed E-state index contributed by atoms with van der Waals surface area (Å²) < 4.78 is 22.9. The molecule has 0 saturated carbocycles. The van der Waals surface area contributed by atoms with Crippen molar-refractivity contribution in [3.63, 3.8) is 0 Å². The van der Waals surface area contributed by atoms with E-state index in [-0.39, 0.29) is 77.1 Å². The maximum atomic E-state index is 12.6. The third-order valence-corrected chi connectivity index (χ3v) is 7.95. The van der Waals surface area contributed by atoms with Crippen LogP contribution in [-0.4, -0.2) is 88.1 Å². The summed E-state index contributed by atoms with van der Waals surface area (Å²) in [5.74, 6) is -1.93. The van der Waals surface area contributed by atoms with Gasteiger partial charge in [0, 0.05) is 38.7 Å². The molecular weight excluding hydrogens is 881 g/mol. The van der Waals surface area contributed by atoms with E-state index in [1.54, 1.807) is 52.0 Å². The summed E-state index contributed by atoms with van der Waals surface area (Å²) in [6.07, 6.45) is 0. The van der Waals surface area contributed by atoms with Crippen LogP contribution < -0.4 is 0 Å². The van der Waals surface area contributed by atoms with E-state index in [9.17, 15) is 19.2 Å². The molecule has 3 rings (SSSR count). The maximum Gasteiger partial charge on any atom is 0.356 e. The molecule has 0 fully saturated rings. The van der Waals surface area contributed by atoms with Gasteiger partial charge in [-0.3, -0.25) is 24.4 Å². The molecule has 3 aromatic rings. The lowest BCUT2D eigenvalue weighted by atomic mass is 10.2. The molecule has 49 heavy (non-hydrogen) atoms. The monoisotopic (exact) mass is 917 g/mol. The van der Waals surface area contributed by atoms with Crippen molar-refractivity contribution in [1.29, 1.82) is 0 Å². The van der Waals surface area contributed by atoms with Gasteiger partial charge in [0.05, 0.1) is 62.3 Å². The zero-order valence-corrected chi connectivity index (χ0v) is 33.0. The number of carbonyl (C=O) groups excluding carboxylic acids is 4. The summed E-state index contributed by atoms with van der Waals surface area (Å²) in [7, 11) is 0. The Labute approximate surface area is 315 Å². The van der Waals surface area contributed by atoms with Crippen molar-refractivity contribution in [2.24, 2.45) is 0 Å². The van der Waals surface area contributed by atoms with Crippen molar-refractivity contribution < 1.29 is 38.1 Å². The van der Waals surface area contributed by atoms with Gasteiger partial charge in [-0.15, -0.1) is 0 Å². The number of rotatable bonds is 18. The minimum atomic E-state index is -0.548. The van der Waals surface area contributed by atoms with Crippen molar-refractivity contribution >= 4 is 78.3 Å². The second-order valence-corrected chi connectivity index (χ2v) is 13.5. The zero-order chi connectivity index (χ0) is 35.9. The molecule has 0 spiro atoms. The van der Waals surface area contributed by atoms with Crippen LogP contribution in [0.4, 0.5) is 0 Å². The first kappa shape index (κ1) is 40.4. The Morgan fingerprint density at radius 1 is 0.571 bits per heavy atom. The molecule has 0 saturated heterocycles. The molecule has 3 heterocycles. The van der Waals surface area contributed by atoms with Crippen LogP contribution in [0.1, 0.15) is 71.4 Å². The highest BCUT2D eigenvalue weighted by Gasteiger charge is 2.20. The average Bonchev–Trinajstić information content (AvgIpc) is 3.00. The van der Waals surface area contributed by atoms with E-state index in [1.165, 1.54) is 0 Å². The van der Waals surface area contributed by atoms with Crippen LogP contribution in [0, 0.1) is 3.57 Å². The fourth-order valence-electron chi connectivity index (χ4n) is 4.68. The number of ether oxygens (including phenoxy) is 4. The van der Waals surface area contributed by atoms with Gasteiger partial charge in [-0.1, -0.05) is 31.9 Å². The Morgan fingerprint density at radius 3 is 1.27 bits per heavy atom. The smallest absolute Gasteiger partial charge is 0.356 e. The van der Waals surface area contributed by atoms with Gasteiger partial charge in [-0.25, -0.2) is 19.6 Å². The first-order valence-corrected chi connectivity index (χ1v) is 18.2. The standard InChI is InChI=1S/C33H38Br2IN5O8/c1-5-46-30(42)19-40(15-24-9-21(34)11-28(38-24)32(44)48-7-3)17-26-13-23(36)14-27(37-26)18-41(20-31(43)47-6-2)16-25-10-22(35)12-29(39-25)33(45)49-8-4/h9-14H,5-8,15-20H2,1-4H3. The van der Waals surface area contributed by atoms with Crippen molar-refractivity contribution in [2.75, 3.05) is 39.5 Å². The van der Waals surface area contributed by atoms with Crippen LogP contribution in [-0.2, 0) is 54.7 Å². The summed E-state index contributed by atoms with van der Waals surface area (Å²) in [5, 5.41) is 0. The van der Waals surface area contributed by atoms with Crippen LogP contribution in [0.25, 0.3) is 0 Å². The quantitative estimate of drug-likeness (QED) is 0.0901. The number of carbonyl (C=O) groups is 4. The maximum absolute atomic E-state index is 12.6. The Bertz CT molecular complexity index is 1520. The second kappa shape index (κ2) is 20.6. The van der Waals surface area contributed by atoms with Crippen molar-refractivity contribution in [2.45, 2.75) is 53.9 Å². The topological polar surface area (TPSA) is 150 Å². The minimum Gasteiger partial charge on any atom is -0.465 e. The van der Waals surface area contributed by atoms with Gasteiger partial charge in [0.25, 0.3) is 0 Å². The molecule has 13 nitrogen and oxygen atoms in total. The number of halogens is 3. The molecule has 0 radical (unpaired) electrons. The summed E-state index contributed by atoms with van der Waals surface area (Å²) in [6.45, 7) is 8.60. The molecule has 0 bridgehead atoms. The lowest BCUT2D eigenvalue weighted by Crippen LogP contribution is -2.32. The van der Waals surface area contributed by atoms with Gasteiger partial charge in [0.15, 0.2) is 0 Å². The van der Waals surface area contributed by atoms with Gasteiger partial charge in [0.1, 0.15) is 11.4 Å². The molecule has 3 aromatic heterocycles. The van der Waals surface area contributed by atoms with Crippen molar-refractivity contribution in [1.82, 2.24) is 24.8 Å². The van der Waals surface area contributed by atoms with E-state index in [1.807, 2.05) is 21.9 Å². The molecule has 0 unspecified atom stereocenters. The summed E-state index contributed by atoms with van der Waals surface area (Å²) in [4.78, 5) is 67.5. The molecular formula is C33H38Br2IN5O8. The SMILES string of the molecule is CCOC(=O)CN(Cc1cc(I)cc(CN(CC(=O)OCC)Cc2cc(Br)cc(C(=O)OCC)n2)n1)Cc1cc(Br)cc(C(=O)OCC)n1. The molecule has 0 amide bonds. The lowest BCUT2D eigenvalue weighted by Gasteiger charge is -2.23. The minimum absolute atomic E-state index is 0.0500. The normalized spacial score (nSPS) is 11.0. The van der Waals surface area contributed by atoms with Crippen molar-refractivity contribution in [3.8, 4) is 0 Å². The molecule has 264 valence electrons. The zero-order valence-electron chi connectivity index (χ0n) is 27.7. The Kier molecular flexibility index (Phi) is 17.0. The molecule has 0 N–H and O–H groups in total. The van der Waals surface area contributed by atoms with Crippen molar-refractivity contribution in [3.05, 3.63) is 83.1 Å². The number of pyridine rings is 3. The van der Waals surface area contributed by atoms with E-state index in [4.69, 9.17) is 23.9 Å². The fourth-order valence-corrected chi connectivity index (χ4v) is 6.36. The Hall–Kier alpha value is -3.06. The van der Waals surface area contributed by atoms with Gasteiger partial charge in [-0.2, -0.15) is 0 Å². The Balaban J connectivity index is 1.90. The molecule has 0 aliphatic carbocycles. The summed E-state index contributed by atoms with van der Waals surface area (Å²) in [6, 6.07) is 10.5. The van der Waals surface area contributed by atoms with Crippen LogP contribution in [0.3, 0.4) is 0 Å². The van der Waals surface area contributed by atoms with Crippen LogP contribution in [0.5, 0.6) is 0 Å². The van der Waals surface area contributed by atoms with Gasteiger partial charge in [0.2, 0.25) is 0 Å². The largest absolute Gasteiger partial charge is 0.465 e. The summed E-state index contributed by atoms with van der Waals surface area (Å²) >= 11 is 9.08. The van der Waals surface area contributed by atoms with Gasteiger partial charge < -0.3 is 18.9 Å². The first-order chi connectivity index (χ1) is 23.4. The van der Waals surface area contributed by atoms with Crippen LogP contribution in [0.2, 0.25) is 0 Å². The van der Waals surface area contributed by atoms with E-state index in [2.05, 4.69) is 64.4 Å². The second-order valence-electron chi connectivity index (χ2n) is 10.4. The first-order valence-electron chi connectivity index (χ1n) is 15.5. The van der Waals surface area contributed by atoms with E-state index in [0.29, 0.717) is 31.7 Å². The predicted octanol–water partition coefficient (Wildman–Crippen LogP) is 5.49. The number of aromatic nitrogens is 3. The molecule has 0 aliphatic rings. The highest BCUT2D eigenvalue weighted by atomic mass is 127. The summed E-state index contributed by atoms with van der Waals surface area (Å²) in [5.41, 5.74) is 2.69. The number of esters is 4. The van der Waals surface area contributed by atoms with Crippen LogP contribution in [0.15, 0.2) is 45.3 Å². The number of nitrogens with zero attached hydrogens (tertiary/aromatic N) is 5. The number of hydrogen-bond donors (Lipinski definition) is 0. The third-order valence-electron chi connectivity index (χ3n) is 6.41. The van der Waals surface area contributed by atoms with Crippen LogP contribution >= 0.6 is 54.5 Å². The fraction of sp³-hybridized carbons (Fsp3) is 0.424. The lowest BCUT2D eigenvalue weighted by molar-refractivity contribution is -0.145. The Morgan fingerprint density at radius 2 is 0.918 bits per heavy atom. The third kappa shape index (κ3) is 14.0.